The first kappa shape index (κ1) is 34.7. The smallest absolute Gasteiger partial charge is 0.332 e. The minimum Gasteiger partial charge on any atom is -0.387 e. The summed E-state index contributed by atoms with van der Waals surface area (Å²) in [6.07, 6.45) is 15.4. The molecule has 2 bridgehead atoms. The summed E-state index contributed by atoms with van der Waals surface area (Å²) in [7, 11) is -7.67. The maximum Gasteiger partial charge on any atom is 0.332 e. The topological polar surface area (TPSA) is 134 Å². The van der Waals surface area contributed by atoms with Crippen LogP contribution in [0, 0.1) is 0 Å². The van der Waals surface area contributed by atoms with E-state index in [4.69, 9.17) is 9.05 Å². The Kier molecular flexibility index (Phi) is 13.7. The van der Waals surface area contributed by atoms with Gasteiger partial charge in [0.1, 0.15) is 24.4 Å². The summed E-state index contributed by atoms with van der Waals surface area (Å²) in [5, 5.41) is 39.8. The van der Waals surface area contributed by atoms with Crippen molar-refractivity contribution >= 4 is 14.7 Å². The van der Waals surface area contributed by atoms with Gasteiger partial charge in [-0.15, -0.1) is 0 Å². The van der Waals surface area contributed by atoms with E-state index in [0.717, 1.165) is 38.5 Å². The first-order valence-electron chi connectivity index (χ1n) is 16.5. The van der Waals surface area contributed by atoms with Crippen molar-refractivity contribution in [3.63, 3.8) is 0 Å². The molecule has 1 spiro atoms. The van der Waals surface area contributed by atoms with Gasteiger partial charge in [0.15, 0.2) is 17.8 Å². The fraction of sp³-hybridized carbons (Fsp3) is 1.00. The minimum absolute atomic E-state index is 0.0439. The van der Waals surface area contributed by atoms with Gasteiger partial charge in [-0.1, -0.05) is 129 Å². The standard InChI is InChI=1S/C30H58O8P2/c1-3-5-7-9-11-13-15-17-19-21-23-39(35)29(34)28(33)26-25(31)27(32)30(29,39)38-40(36,37-26)24-22-20-18-16-14-12-10-8-6-4-2/h25-28,31-34H,3-24H2,1-2H3/t25-,26-,27+,28+,29-,30+,39?,40?/m1/s1. The van der Waals surface area contributed by atoms with E-state index in [1.54, 1.807) is 0 Å². The van der Waals surface area contributed by atoms with E-state index in [-0.39, 0.29) is 12.3 Å². The van der Waals surface area contributed by atoms with Crippen molar-refractivity contribution in [1.29, 1.82) is 0 Å². The predicted octanol–water partition coefficient (Wildman–Crippen LogP) is 7.29. The van der Waals surface area contributed by atoms with Crippen LogP contribution in [0.2, 0.25) is 0 Å². The molecule has 1 aliphatic carbocycles. The maximum atomic E-state index is 14.2. The van der Waals surface area contributed by atoms with Crippen molar-refractivity contribution in [2.75, 3.05) is 12.3 Å². The zero-order valence-corrected chi connectivity index (χ0v) is 27.0. The molecule has 40 heavy (non-hydrogen) atoms. The van der Waals surface area contributed by atoms with Crippen LogP contribution < -0.4 is 0 Å². The van der Waals surface area contributed by atoms with Gasteiger partial charge in [0, 0.05) is 6.16 Å². The quantitative estimate of drug-likeness (QED) is 0.0744. The molecule has 0 aromatic rings. The zero-order chi connectivity index (χ0) is 29.3. The number of fused-ring (bicyclic) bond motifs is 3. The Bertz CT molecular complexity index is 856. The maximum absolute atomic E-state index is 14.2. The monoisotopic (exact) mass is 608 g/mol. The lowest BCUT2D eigenvalue weighted by Gasteiger charge is -2.35. The highest BCUT2D eigenvalue weighted by atomic mass is 31.2. The van der Waals surface area contributed by atoms with E-state index in [1.807, 2.05) is 0 Å². The van der Waals surface area contributed by atoms with Gasteiger partial charge < -0.3 is 25.0 Å². The summed E-state index contributed by atoms with van der Waals surface area (Å²) < 4.78 is 39.5. The lowest BCUT2D eigenvalue weighted by Crippen LogP contribution is -2.62. The molecule has 4 fully saturated rings. The third kappa shape index (κ3) is 7.12. The Morgan fingerprint density at radius 3 is 1.45 bits per heavy atom. The van der Waals surface area contributed by atoms with Gasteiger partial charge >= 0.3 is 7.60 Å². The largest absolute Gasteiger partial charge is 0.387 e. The van der Waals surface area contributed by atoms with E-state index < -0.39 is 49.8 Å². The molecular formula is C30H58O8P2. The normalized spacial score (nSPS) is 38.4. The molecule has 2 unspecified atom stereocenters. The molecule has 0 aromatic heterocycles. The third-order valence-corrected chi connectivity index (χ3v) is 15.9. The number of hydrogen-bond donors (Lipinski definition) is 4. The molecule has 4 rings (SSSR count). The number of aliphatic hydroxyl groups is 4. The van der Waals surface area contributed by atoms with Crippen LogP contribution >= 0.6 is 14.7 Å². The molecule has 3 aliphatic heterocycles. The van der Waals surface area contributed by atoms with Crippen LogP contribution in [0.15, 0.2) is 0 Å². The third-order valence-electron chi connectivity index (χ3n) is 9.52. The van der Waals surface area contributed by atoms with Crippen LogP contribution in [0.1, 0.15) is 142 Å². The van der Waals surface area contributed by atoms with Crippen molar-refractivity contribution in [3.8, 4) is 0 Å². The highest BCUT2D eigenvalue weighted by Gasteiger charge is 2.98. The number of rotatable bonds is 22. The van der Waals surface area contributed by atoms with E-state index in [2.05, 4.69) is 13.8 Å². The van der Waals surface area contributed by atoms with E-state index in [9.17, 15) is 29.6 Å². The Morgan fingerprint density at radius 1 is 0.600 bits per heavy atom. The fourth-order valence-electron chi connectivity index (χ4n) is 6.99. The molecular weight excluding hydrogens is 550 g/mol. The SMILES string of the molecule is CCCCCCCCCCCCP1(=O)O[C@@H]2[C@@H](O)[C@H](O)[C@@]3(O1)[C@@](O)([C@H]2O)P3(=O)CCCCCCCCCCCC. The van der Waals surface area contributed by atoms with Crippen molar-refractivity contribution in [1.82, 2.24) is 0 Å². The fourth-order valence-corrected chi connectivity index (χ4v) is 14.3. The molecule has 4 N–H and O–H groups in total. The summed E-state index contributed by atoms with van der Waals surface area (Å²) in [6, 6.07) is 0. The molecule has 0 amide bonds. The summed E-state index contributed by atoms with van der Waals surface area (Å²) >= 11 is 0. The van der Waals surface area contributed by atoms with Crippen molar-refractivity contribution in [2.24, 2.45) is 0 Å². The van der Waals surface area contributed by atoms with Crippen LogP contribution in [0.5, 0.6) is 0 Å². The van der Waals surface area contributed by atoms with E-state index in [0.29, 0.717) is 12.8 Å². The van der Waals surface area contributed by atoms with Gasteiger partial charge in [-0.25, -0.2) is 0 Å². The summed E-state index contributed by atoms with van der Waals surface area (Å²) in [5.74, 6) is 0. The van der Waals surface area contributed by atoms with Crippen LogP contribution in [0.25, 0.3) is 0 Å². The van der Waals surface area contributed by atoms with E-state index in [1.165, 1.54) is 77.0 Å². The molecule has 0 aromatic carbocycles. The minimum atomic E-state index is -3.92. The molecule has 10 heteroatoms. The Hall–Kier alpha value is 0.220. The van der Waals surface area contributed by atoms with Crippen molar-refractivity contribution < 1.29 is 38.6 Å². The van der Waals surface area contributed by atoms with Gasteiger partial charge in [-0.3, -0.25) is 13.6 Å². The van der Waals surface area contributed by atoms with Crippen LogP contribution in [-0.2, 0) is 18.2 Å². The number of unbranched alkanes of at least 4 members (excludes halogenated alkanes) is 18. The molecule has 8 nitrogen and oxygen atoms in total. The van der Waals surface area contributed by atoms with Crippen LogP contribution in [-0.4, -0.2) is 67.9 Å². The highest BCUT2D eigenvalue weighted by Crippen LogP contribution is 2.95. The van der Waals surface area contributed by atoms with Crippen molar-refractivity contribution in [2.45, 2.75) is 177 Å². The summed E-state index contributed by atoms with van der Waals surface area (Å²) in [6.45, 7) is 4.42. The average Bonchev–Trinajstić information content (AvgIpc) is 3.42. The van der Waals surface area contributed by atoms with Crippen LogP contribution in [0.4, 0.5) is 0 Å². The molecule has 3 heterocycles. The molecule has 236 valence electrons. The van der Waals surface area contributed by atoms with Crippen molar-refractivity contribution in [3.05, 3.63) is 0 Å². The van der Waals surface area contributed by atoms with Gasteiger partial charge in [-0.05, 0) is 12.8 Å². The van der Waals surface area contributed by atoms with E-state index >= 15 is 0 Å². The second kappa shape index (κ2) is 15.8. The highest BCUT2D eigenvalue weighted by molar-refractivity contribution is 7.76. The molecule has 4 aliphatic rings. The first-order chi connectivity index (χ1) is 19.1. The Morgan fingerprint density at radius 2 is 1.00 bits per heavy atom. The van der Waals surface area contributed by atoms with Gasteiger partial charge in [-0.2, -0.15) is 0 Å². The van der Waals surface area contributed by atoms with Gasteiger partial charge in [0.25, 0.3) is 0 Å². The summed E-state index contributed by atoms with van der Waals surface area (Å²) in [5.41, 5.74) is 0. The Labute approximate surface area is 242 Å². The molecule has 0 radical (unpaired) electrons. The second-order valence-corrected chi connectivity index (χ2v) is 18.0. The number of aliphatic hydroxyl groups excluding tert-OH is 3. The van der Waals surface area contributed by atoms with Gasteiger partial charge in [0.2, 0.25) is 0 Å². The van der Waals surface area contributed by atoms with Crippen LogP contribution in [0.3, 0.4) is 0 Å². The molecule has 8 atom stereocenters. The Balaban J connectivity index is 1.50. The molecule has 1 saturated carbocycles. The first-order valence-corrected chi connectivity index (χ1v) is 20.1. The zero-order valence-electron chi connectivity index (χ0n) is 25.2. The summed E-state index contributed by atoms with van der Waals surface area (Å²) in [4.78, 5) is 0. The molecule has 3 saturated heterocycles. The predicted molar refractivity (Wildman–Crippen MR) is 160 cm³/mol. The lowest BCUT2D eigenvalue weighted by atomic mass is 9.85. The van der Waals surface area contributed by atoms with Gasteiger partial charge in [0.05, 0.1) is 6.16 Å². The second-order valence-electron chi connectivity index (χ2n) is 12.6. The number of hydrogen-bond acceptors (Lipinski definition) is 8. The average molecular weight is 609 g/mol. The lowest BCUT2D eigenvalue weighted by molar-refractivity contribution is -0.190.